The number of terminal acetylenes is 1. The van der Waals surface area contributed by atoms with Gasteiger partial charge in [-0.3, -0.25) is 14.5 Å². The van der Waals surface area contributed by atoms with Crippen molar-refractivity contribution in [2.24, 2.45) is 10.2 Å². The van der Waals surface area contributed by atoms with Crippen molar-refractivity contribution in [3.8, 4) is 12.3 Å². The first kappa shape index (κ1) is 18.6. The van der Waals surface area contributed by atoms with Crippen molar-refractivity contribution in [1.29, 1.82) is 0 Å². The topological polar surface area (TPSA) is 103 Å². The van der Waals surface area contributed by atoms with Gasteiger partial charge in [-0.15, -0.1) is 12.3 Å². The number of amides is 4. The predicted octanol–water partition coefficient (Wildman–Crippen LogP) is 1.71. The summed E-state index contributed by atoms with van der Waals surface area (Å²) in [4.78, 5) is 36.3. The molecule has 0 spiro atoms. The lowest BCUT2D eigenvalue weighted by Gasteiger charge is -2.13. The zero-order valence-electron chi connectivity index (χ0n) is 14.9. The van der Waals surface area contributed by atoms with Crippen molar-refractivity contribution >= 4 is 17.8 Å². The van der Waals surface area contributed by atoms with Gasteiger partial charge in [-0.25, -0.2) is 4.79 Å². The second-order valence-corrected chi connectivity index (χ2v) is 6.62. The van der Waals surface area contributed by atoms with E-state index in [0.717, 1.165) is 11.1 Å². The van der Waals surface area contributed by atoms with Crippen molar-refractivity contribution in [2.45, 2.75) is 44.4 Å². The summed E-state index contributed by atoms with van der Waals surface area (Å²) < 4.78 is 0. The number of nitrogens with zero attached hydrogens (tertiary/aromatic N) is 3. The van der Waals surface area contributed by atoms with Crippen LogP contribution in [-0.2, 0) is 22.7 Å². The average Bonchev–Trinajstić information content (AvgIpc) is 3.39. The summed E-state index contributed by atoms with van der Waals surface area (Å²) in [6, 6.07) is 7.06. The van der Waals surface area contributed by atoms with Gasteiger partial charge in [-0.2, -0.15) is 10.2 Å². The van der Waals surface area contributed by atoms with E-state index in [-0.39, 0.29) is 30.9 Å². The van der Waals surface area contributed by atoms with Crippen LogP contribution in [0.15, 0.2) is 34.5 Å². The molecule has 1 aromatic rings. The standard InChI is InChI=1S/C19H21N5O3/c1-2-3-9-19(22-23-19)10-8-16(25)20-11-14-4-6-15(7-5-14)13-24-17(26)12-21-18(24)27/h1,4-7H,3,8-13H2,(H,20,25)(H,21,27). The van der Waals surface area contributed by atoms with Crippen molar-refractivity contribution in [1.82, 2.24) is 15.5 Å². The number of rotatable bonds is 9. The minimum absolute atomic E-state index is 0.0491. The highest BCUT2D eigenvalue weighted by Crippen LogP contribution is 2.37. The van der Waals surface area contributed by atoms with Gasteiger partial charge < -0.3 is 10.6 Å². The normalized spacial score (nSPS) is 16.8. The Labute approximate surface area is 157 Å². The van der Waals surface area contributed by atoms with Crippen LogP contribution in [0.3, 0.4) is 0 Å². The van der Waals surface area contributed by atoms with Crippen LogP contribution in [0.25, 0.3) is 0 Å². The van der Waals surface area contributed by atoms with Gasteiger partial charge in [0.1, 0.15) is 0 Å². The van der Waals surface area contributed by atoms with Crippen LogP contribution < -0.4 is 10.6 Å². The molecule has 0 radical (unpaired) electrons. The van der Waals surface area contributed by atoms with E-state index in [2.05, 4.69) is 26.8 Å². The second kappa shape index (κ2) is 7.99. The highest BCUT2D eigenvalue weighted by atomic mass is 16.2. The number of urea groups is 1. The van der Waals surface area contributed by atoms with E-state index in [1.807, 2.05) is 24.3 Å². The van der Waals surface area contributed by atoms with Crippen molar-refractivity contribution in [2.75, 3.05) is 6.54 Å². The van der Waals surface area contributed by atoms with Crippen LogP contribution in [0.5, 0.6) is 0 Å². The molecule has 4 amide bonds. The van der Waals surface area contributed by atoms with E-state index < -0.39 is 5.66 Å². The van der Waals surface area contributed by atoms with Crippen LogP contribution in [0.1, 0.15) is 36.8 Å². The van der Waals surface area contributed by atoms with Gasteiger partial charge >= 0.3 is 6.03 Å². The molecule has 0 unspecified atom stereocenters. The fourth-order valence-corrected chi connectivity index (χ4v) is 2.83. The highest BCUT2D eigenvalue weighted by molar-refractivity contribution is 6.01. The molecule has 8 heteroatoms. The first-order valence-electron chi connectivity index (χ1n) is 8.82. The molecule has 2 heterocycles. The predicted molar refractivity (Wildman–Crippen MR) is 97.1 cm³/mol. The highest BCUT2D eigenvalue weighted by Gasteiger charge is 2.39. The number of nitrogens with one attached hydrogen (secondary N) is 2. The summed E-state index contributed by atoms with van der Waals surface area (Å²) in [5.41, 5.74) is 1.35. The Morgan fingerprint density at radius 2 is 1.93 bits per heavy atom. The summed E-state index contributed by atoms with van der Waals surface area (Å²) in [6.45, 7) is 0.700. The Morgan fingerprint density at radius 3 is 2.52 bits per heavy atom. The molecule has 1 aromatic carbocycles. The van der Waals surface area contributed by atoms with E-state index in [9.17, 15) is 14.4 Å². The first-order chi connectivity index (χ1) is 13.0. The minimum atomic E-state index is -0.440. The molecule has 8 nitrogen and oxygen atoms in total. The zero-order chi connectivity index (χ0) is 19.3. The molecule has 2 N–H and O–H groups in total. The molecule has 2 aliphatic rings. The fourth-order valence-electron chi connectivity index (χ4n) is 2.83. The summed E-state index contributed by atoms with van der Waals surface area (Å²) >= 11 is 0. The third-order valence-corrected chi connectivity index (χ3v) is 4.60. The van der Waals surface area contributed by atoms with Crippen LogP contribution in [0.2, 0.25) is 0 Å². The van der Waals surface area contributed by atoms with Crippen LogP contribution in [-0.4, -0.2) is 35.0 Å². The summed E-state index contributed by atoms with van der Waals surface area (Å²) in [7, 11) is 0. The Morgan fingerprint density at radius 1 is 1.22 bits per heavy atom. The number of hydrogen-bond acceptors (Lipinski definition) is 5. The maximum absolute atomic E-state index is 12.0. The summed E-state index contributed by atoms with van der Waals surface area (Å²) in [6.07, 6.45) is 7.47. The Bertz CT molecular complexity index is 788. The number of carbonyl (C=O) groups is 3. The lowest BCUT2D eigenvalue weighted by molar-refractivity contribution is -0.125. The maximum Gasteiger partial charge on any atom is 0.324 e. The Kier molecular flexibility index (Phi) is 5.50. The minimum Gasteiger partial charge on any atom is -0.352 e. The summed E-state index contributed by atoms with van der Waals surface area (Å²) in [5.74, 6) is 2.28. The molecular weight excluding hydrogens is 346 g/mol. The van der Waals surface area contributed by atoms with Gasteiger partial charge in [-0.1, -0.05) is 24.3 Å². The van der Waals surface area contributed by atoms with E-state index in [1.165, 1.54) is 4.90 Å². The van der Waals surface area contributed by atoms with Crippen molar-refractivity contribution in [3.05, 3.63) is 35.4 Å². The van der Waals surface area contributed by atoms with E-state index in [0.29, 0.717) is 32.2 Å². The number of carbonyl (C=O) groups excluding carboxylic acids is 3. The van der Waals surface area contributed by atoms with Crippen LogP contribution in [0.4, 0.5) is 4.79 Å². The van der Waals surface area contributed by atoms with Crippen molar-refractivity contribution in [3.63, 3.8) is 0 Å². The fraction of sp³-hybridized carbons (Fsp3) is 0.421. The van der Waals surface area contributed by atoms with Gasteiger partial charge in [0.2, 0.25) is 11.8 Å². The number of imide groups is 1. The molecule has 140 valence electrons. The second-order valence-electron chi connectivity index (χ2n) is 6.62. The molecule has 0 saturated carbocycles. The number of benzene rings is 1. The van der Waals surface area contributed by atoms with Gasteiger partial charge in [0.25, 0.3) is 0 Å². The zero-order valence-corrected chi connectivity index (χ0v) is 14.9. The van der Waals surface area contributed by atoms with Crippen LogP contribution >= 0.6 is 0 Å². The Balaban J connectivity index is 1.41. The van der Waals surface area contributed by atoms with Gasteiger partial charge in [0.15, 0.2) is 5.66 Å². The molecule has 27 heavy (non-hydrogen) atoms. The lowest BCUT2D eigenvalue weighted by atomic mass is 10.0. The quantitative estimate of drug-likeness (QED) is 0.513. The van der Waals surface area contributed by atoms with Crippen molar-refractivity contribution < 1.29 is 14.4 Å². The number of hydrogen-bond donors (Lipinski definition) is 2. The molecule has 0 atom stereocenters. The third kappa shape index (κ3) is 4.91. The molecule has 0 bridgehead atoms. The van der Waals surface area contributed by atoms with Gasteiger partial charge in [-0.05, 0) is 11.1 Å². The largest absolute Gasteiger partial charge is 0.352 e. The molecule has 0 aromatic heterocycles. The molecule has 1 saturated heterocycles. The van der Waals surface area contributed by atoms with E-state index in [4.69, 9.17) is 6.42 Å². The third-order valence-electron chi connectivity index (χ3n) is 4.60. The lowest BCUT2D eigenvalue weighted by Crippen LogP contribution is -2.30. The smallest absolute Gasteiger partial charge is 0.324 e. The average molecular weight is 367 g/mol. The monoisotopic (exact) mass is 367 g/mol. The first-order valence-corrected chi connectivity index (χ1v) is 8.82. The molecular formula is C19H21N5O3. The van der Waals surface area contributed by atoms with Crippen LogP contribution in [0, 0.1) is 12.3 Å². The molecule has 2 aliphatic heterocycles. The van der Waals surface area contributed by atoms with E-state index >= 15 is 0 Å². The van der Waals surface area contributed by atoms with Gasteiger partial charge in [0, 0.05) is 32.2 Å². The summed E-state index contributed by atoms with van der Waals surface area (Å²) in [5, 5.41) is 13.4. The molecule has 0 aliphatic carbocycles. The maximum atomic E-state index is 12.0. The molecule has 1 fully saturated rings. The van der Waals surface area contributed by atoms with E-state index in [1.54, 1.807) is 0 Å². The van der Waals surface area contributed by atoms with Gasteiger partial charge in [0.05, 0.1) is 13.1 Å². The SMILES string of the molecule is C#CCCC1(CCC(=O)NCc2ccc(CN3C(=O)CNC3=O)cc2)N=N1. The Hall–Kier alpha value is -3.21. The molecule has 3 rings (SSSR count).